The first-order valence-corrected chi connectivity index (χ1v) is 10.4. The Balaban J connectivity index is 8.19. The normalized spacial score (nSPS) is 16.2. The van der Waals surface area contributed by atoms with Crippen molar-refractivity contribution in [1.29, 1.82) is 10.5 Å². The van der Waals surface area contributed by atoms with Gasteiger partial charge in [0, 0.05) is 0 Å². The van der Waals surface area contributed by atoms with Crippen molar-refractivity contribution in [1.82, 2.24) is 0 Å². The van der Waals surface area contributed by atoms with Gasteiger partial charge in [-0.25, -0.2) is 0 Å². The molecule has 0 atom stereocenters. The predicted octanol–water partition coefficient (Wildman–Crippen LogP) is 10.1. The lowest BCUT2D eigenvalue weighted by Crippen LogP contribution is -2.75. The van der Waals surface area contributed by atoms with Gasteiger partial charge in [0.05, 0.1) is 0 Å². The molecule has 0 aromatic heterocycles. The first-order chi connectivity index (χ1) is 21.1. The molecular formula is C18F30N2. The topological polar surface area (TPSA) is 47.6 Å². The van der Waals surface area contributed by atoms with Gasteiger partial charge >= 0.3 is 83.4 Å². The average molecular weight is 814 g/mol. The maximum atomic E-state index is 14.5. The second-order valence-corrected chi connectivity index (χ2v) is 8.86. The number of hydrogen-bond donors (Lipinski definition) is 0. The molecule has 0 fully saturated rings. The zero-order valence-electron chi connectivity index (χ0n) is 21.2. The molecule has 50 heavy (non-hydrogen) atoms. The van der Waals surface area contributed by atoms with Gasteiger partial charge in [0.2, 0.25) is 0 Å². The minimum Gasteiger partial charge on any atom is -0.194 e. The van der Waals surface area contributed by atoms with Crippen LogP contribution in [-0.4, -0.2) is 83.4 Å². The summed E-state index contributed by atoms with van der Waals surface area (Å²) in [5.41, 5.74) is -10.5. The van der Waals surface area contributed by atoms with Crippen LogP contribution in [0.25, 0.3) is 0 Å². The molecule has 32 heteroatoms. The molecule has 292 valence electrons. The van der Waals surface area contributed by atoms with Crippen molar-refractivity contribution in [2.75, 3.05) is 0 Å². The van der Waals surface area contributed by atoms with E-state index in [0.29, 0.717) is 0 Å². The van der Waals surface area contributed by atoms with Crippen molar-refractivity contribution in [3.63, 3.8) is 0 Å². The Hall–Kier alpha value is -3.38. The second kappa shape index (κ2) is 11.6. The zero-order chi connectivity index (χ0) is 41.6. The van der Waals surface area contributed by atoms with E-state index in [0.717, 1.165) is 0 Å². The molecule has 0 aromatic carbocycles. The Kier molecular flexibility index (Phi) is 10.8. The molecule has 0 radical (unpaired) electrons. The highest BCUT2D eigenvalue weighted by atomic mass is 19.4. The summed E-state index contributed by atoms with van der Waals surface area (Å²) in [7, 11) is 0. The monoisotopic (exact) mass is 814 g/mol. The third kappa shape index (κ3) is 5.47. The lowest BCUT2D eigenvalue weighted by molar-refractivity contribution is -0.456. The van der Waals surface area contributed by atoms with E-state index in [1.807, 2.05) is 0 Å². The van der Waals surface area contributed by atoms with Crippen LogP contribution in [0, 0.1) is 22.7 Å². The second-order valence-electron chi connectivity index (χ2n) is 8.86. The fraction of sp³-hybridized carbons (Fsp3) is 0.778. The maximum absolute atomic E-state index is 14.5. The van der Waals surface area contributed by atoms with Gasteiger partial charge in [-0.15, -0.1) is 0 Å². The number of halogens is 30. The lowest BCUT2D eigenvalue weighted by Gasteiger charge is -2.44. The number of alkyl halides is 30. The molecule has 2 nitrogen and oxygen atoms in total. The van der Waals surface area contributed by atoms with Crippen molar-refractivity contribution < 1.29 is 132 Å². The number of rotatable bonds is 12. The summed E-state index contributed by atoms with van der Waals surface area (Å²) in [6.45, 7) is 0. The molecule has 0 aromatic rings. The van der Waals surface area contributed by atoms with Crippen molar-refractivity contribution in [3.8, 4) is 12.1 Å². The first-order valence-electron chi connectivity index (χ1n) is 10.4. The highest BCUT2D eigenvalue weighted by Gasteiger charge is 2.97. The molecule has 0 heterocycles. The maximum Gasteiger partial charge on any atom is 0.460 e. The summed E-state index contributed by atoms with van der Waals surface area (Å²) in [6, 6.07) is -1.74. The SMILES string of the molecule is N#CC(C#N)=C(C(F)(F)C(F)(F)C(F)(F)C(F)(F)C(F)(F)C(F)(F)C(F)(F)F)C(F)(F)C(F)(F)C(F)(F)C(F)(F)C(F)(F)C(F)(F)C(F)(F)F. The molecule has 0 amide bonds. The first kappa shape index (κ1) is 46.6. The molecule has 0 saturated carbocycles. The average Bonchev–Trinajstić information content (AvgIpc) is 2.88. The third-order valence-corrected chi connectivity index (χ3v) is 5.76. The Bertz CT molecular complexity index is 1300. The van der Waals surface area contributed by atoms with Gasteiger partial charge in [-0.05, 0) is 0 Å². The van der Waals surface area contributed by atoms with Gasteiger partial charge in [0.15, 0.2) is 0 Å². The van der Waals surface area contributed by atoms with E-state index in [4.69, 9.17) is 10.5 Å². The van der Waals surface area contributed by atoms with Crippen LogP contribution in [-0.2, 0) is 0 Å². The van der Waals surface area contributed by atoms with Crippen LogP contribution in [0.3, 0.4) is 0 Å². The van der Waals surface area contributed by atoms with E-state index in [2.05, 4.69) is 0 Å². The van der Waals surface area contributed by atoms with Crippen molar-refractivity contribution in [2.24, 2.45) is 0 Å². The molecule has 0 aliphatic carbocycles. The summed E-state index contributed by atoms with van der Waals surface area (Å²) < 4.78 is 402. The largest absolute Gasteiger partial charge is 0.460 e. The zero-order valence-corrected chi connectivity index (χ0v) is 21.2. The van der Waals surface area contributed by atoms with Crippen LogP contribution < -0.4 is 0 Å². The molecule has 0 spiro atoms. The Morgan fingerprint density at radius 2 is 0.420 bits per heavy atom. The van der Waals surface area contributed by atoms with E-state index in [1.165, 1.54) is 0 Å². The number of allylic oxidation sites excluding steroid dienone is 2. The number of hydrogen-bond acceptors (Lipinski definition) is 2. The van der Waals surface area contributed by atoms with Crippen molar-refractivity contribution in [2.45, 2.75) is 83.4 Å². The van der Waals surface area contributed by atoms with Crippen LogP contribution in [0.1, 0.15) is 0 Å². The van der Waals surface area contributed by atoms with Gasteiger partial charge in [0.25, 0.3) is 0 Å². The van der Waals surface area contributed by atoms with Gasteiger partial charge in [0.1, 0.15) is 23.3 Å². The molecular weight excluding hydrogens is 814 g/mol. The molecule has 0 unspecified atom stereocenters. The van der Waals surface area contributed by atoms with Crippen molar-refractivity contribution >= 4 is 0 Å². The minimum absolute atomic E-state index is 0.869. The van der Waals surface area contributed by atoms with E-state index < -0.39 is 107 Å². The molecule has 0 aliphatic heterocycles. The highest BCUT2D eigenvalue weighted by Crippen LogP contribution is 2.68. The van der Waals surface area contributed by atoms with Gasteiger partial charge in [-0.1, -0.05) is 0 Å². The van der Waals surface area contributed by atoms with Gasteiger partial charge in [-0.2, -0.15) is 142 Å². The minimum atomic E-state index is -9.64. The molecule has 0 saturated heterocycles. The Morgan fingerprint density at radius 1 is 0.260 bits per heavy atom. The van der Waals surface area contributed by atoms with Crippen LogP contribution in [0.2, 0.25) is 0 Å². The smallest absolute Gasteiger partial charge is 0.194 e. The van der Waals surface area contributed by atoms with E-state index in [-0.39, 0.29) is 0 Å². The lowest BCUT2D eigenvalue weighted by atomic mass is 9.81. The molecule has 0 N–H and O–H groups in total. The van der Waals surface area contributed by atoms with Crippen LogP contribution in [0.4, 0.5) is 132 Å². The summed E-state index contributed by atoms with van der Waals surface area (Å²) in [5.74, 6) is -112. The summed E-state index contributed by atoms with van der Waals surface area (Å²) in [6.07, 6.45) is -16.6. The van der Waals surface area contributed by atoms with Gasteiger partial charge in [-0.3, -0.25) is 0 Å². The molecule has 0 aliphatic rings. The quantitative estimate of drug-likeness (QED) is 0.146. The number of nitriles is 2. The standard InChI is InChI=1S/C18F30N2/c19-5(20,7(23,24)9(27,28)11(31,32)13(35,36)15(39,40)17(43,44)45)4(3(1-49)2-50)6(21,22)8(25,26)10(29,30)12(33,34)14(37,38)16(41,42)18(46,47)48. The summed E-state index contributed by atoms with van der Waals surface area (Å²) in [4.78, 5) is 0. The number of nitrogens with zero attached hydrogens (tertiary/aromatic N) is 2. The Morgan fingerprint density at radius 3 is 0.580 bits per heavy atom. The van der Waals surface area contributed by atoms with Crippen molar-refractivity contribution in [3.05, 3.63) is 11.1 Å². The third-order valence-electron chi connectivity index (χ3n) is 5.76. The van der Waals surface area contributed by atoms with E-state index >= 15 is 0 Å². The van der Waals surface area contributed by atoms with Crippen LogP contribution in [0.5, 0.6) is 0 Å². The fourth-order valence-corrected chi connectivity index (χ4v) is 2.90. The molecule has 0 bridgehead atoms. The summed E-state index contributed by atoms with van der Waals surface area (Å²) >= 11 is 0. The molecule has 0 rings (SSSR count). The van der Waals surface area contributed by atoms with Crippen LogP contribution in [0.15, 0.2) is 11.1 Å². The fourth-order valence-electron chi connectivity index (χ4n) is 2.90. The van der Waals surface area contributed by atoms with E-state index in [9.17, 15) is 132 Å². The summed E-state index contributed by atoms with van der Waals surface area (Å²) in [5, 5.41) is 16.6. The Labute approximate surface area is 250 Å². The van der Waals surface area contributed by atoms with Gasteiger partial charge < -0.3 is 0 Å². The predicted molar refractivity (Wildman–Crippen MR) is 89.7 cm³/mol. The van der Waals surface area contributed by atoms with Crippen LogP contribution >= 0.6 is 0 Å². The highest BCUT2D eigenvalue weighted by molar-refractivity contribution is 5.49. The van der Waals surface area contributed by atoms with E-state index in [1.54, 1.807) is 0 Å².